The molecule has 2 fully saturated rings. The van der Waals surface area contributed by atoms with E-state index in [-0.39, 0.29) is 29.6 Å². The van der Waals surface area contributed by atoms with Gasteiger partial charge in [-0.15, -0.1) is 11.8 Å². The topological polar surface area (TPSA) is 81.2 Å². The van der Waals surface area contributed by atoms with Crippen molar-refractivity contribution in [3.63, 3.8) is 0 Å². The fourth-order valence-electron chi connectivity index (χ4n) is 6.22. The highest BCUT2D eigenvalue weighted by atomic mass is 32.2. The molecule has 4 heterocycles. The molecule has 1 aromatic rings. The predicted molar refractivity (Wildman–Crippen MR) is 140 cm³/mol. The molecule has 3 amide bonds. The first-order valence-corrected chi connectivity index (χ1v) is 13.6. The van der Waals surface area contributed by atoms with Crippen molar-refractivity contribution >= 4 is 29.5 Å². The van der Waals surface area contributed by atoms with E-state index in [9.17, 15) is 19.5 Å². The van der Waals surface area contributed by atoms with Gasteiger partial charge in [-0.25, -0.2) is 0 Å². The lowest BCUT2D eigenvalue weighted by Crippen LogP contribution is -2.57. The van der Waals surface area contributed by atoms with E-state index in [1.807, 2.05) is 79.1 Å². The lowest BCUT2D eigenvalue weighted by Gasteiger charge is -2.40. The molecule has 5 atom stereocenters. The van der Waals surface area contributed by atoms with Crippen molar-refractivity contribution in [1.29, 1.82) is 0 Å². The van der Waals surface area contributed by atoms with E-state index in [1.54, 1.807) is 16.7 Å². The van der Waals surface area contributed by atoms with Gasteiger partial charge in [-0.2, -0.15) is 0 Å². The van der Waals surface area contributed by atoms with Crippen LogP contribution in [0.1, 0.15) is 32.8 Å². The van der Waals surface area contributed by atoms with E-state index in [0.29, 0.717) is 32.6 Å². The molecule has 0 aliphatic carbocycles. The summed E-state index contributed by atoms with van der Waals surface area (Å²) >= 11 is 1.60. The molecule has 0 radical (unpaired) electrons. The Morgan fingerprint density at radius 2 is 1.78 bits per heavy atom. The third-order valence-electron chi connectivity index (χ3n) is 7.83. The minimum atomic E-state index is -0.811. The Balaban J connectivity index is 1.55. The molecule has 1 aromatic carbocycles. The van der Waals surface area contributed by atoms with E-state index in [0.717, 1.165) is 5.56 Å². The number of hydrogen-bond acceptors (Lipinski definition) is 5. The minimum Gasteiger partial charge on any atom is -0.396 e. The molecule has 4 aliphatic rings. The second-order valence-corrected chi connectivity index (χ2v) is 12.6. The molecule has 1 spiro atoms. The van der Waals surface area contributed by atoms with Gasteiger partial charge in [0.2, 0.25) is 17.7 Å². The van der Waals surface area contributed by atoms with Gasteiger partial charge >= 0.3 is 0 Å². The van der Waals surface area contributed by atoms with Gasteiger partial charge in [0.25, 0.3) is 0 Å². The Bertz CT molecular complexity index is 1100. The fraction of sp³-hybridized carbons (Fsp3) is 0.536. The van der Waals surface area contributed by atoms with Gasteiger partial charge in [0.1, 0.15) is 6.04 Å². The predicted octanol–water partition coefficient (Wildman–Crippen LogP) is 2.46. The number of benzene rings is 1. The van der Waals surface area contributed by atoms with Crippen LogP contribution in [0.4, 0.5) is 0 Å². The lowest BCUT2D eigenvalue weighted by molar-refractivity contribution is -0.146. The Morgan fingerprint density at radius 1 is 1.03 bits per heavy atom. The van der Waals surface area contributed by atoms with Crippen LogP contribution < -0.4 is 0 Å². The van der Waals surface area contributed by atoms with Gasteiger partial charge in [-0.3, -0.25) is 14.4 Å². The number of hydrogen-bond donors (Lipinski definition) is 1. The van der Waals surface area contributed by atoms with Gasteiger partial charge in [0.15, 0.2) is 0 Å². The first-order chi connectivity index (χ1) is 17.2. The van der Waals surface area contributed by atoms with Crippen LogP contribution in [0.2, 0.25) is 0 Å². The Labute approximate surface area is 217 Å². The van der Waals surface area contributed by atoms with Gasteiger partial charge in [-0.05, 0) is 32.8 Å². The average Bonchev–Trinajstić information content (AvgIpc) is 3.14. The number of fused-ring (bicyclic) bond motifs is 2. The quantitative estimate of drug-likeness (QED) is 0.617. The summed E-state index contributed by atoms with van der Waals surface area (Å²) in [5.74, 6) is -1.42. The van der Waals surface area contributed by atoms with Crippen LogP contribution in [-0.4, -0.2) is 85.3 Å². The number of nitrogens with zero attached hydrogens (tertiary/aromatic N) is 3. The normalized spacial score (nSPS) is 31.9. The molecule has 4 aliphatic heterocycles. The van der Waals surface area contributed by atoms with E-state index < -0.39 is 28.2 Å². The number of thioether (sulfide) groups is 1. The van der Waals surface area contributed by atoms with Crippen molar-refractivity contribution in [2.75, 3.05) is 26.2 Å². The van der Waals surface area contributed by atoms with Crippen molar-refractivity contribution in [3.8, 4) is 0 Å². The van der Waals surface area contributed by atoms with Crippen LogP contribution in [0, 0.1) is 11.8 Å². The summed E-state index contributed by atoms with van der Waals surface area (Å²) in [6.07, 6.45) is 8.55. The highest BCUT2D eigenvalue weighted by Gasteiger charge is 2.71. The average molecular weight is 510 g/mol. The maximum atomic E-state index is 14.1. The summed E-state index contributed by atoms with van der Waals surface area (Å²) in [5, 5.41) is 9.36. The number of aliphatic hydroxyl groups is 1. The summed E-state index contributed by atoms with van der Waals surface area (Å²) in [6, 6.07) is 9.19. The summed E-state index contributed by atoms with van der Waals surface area (Å²) < 4.78 is -0.811. The highest BCUT2D eigenvalue weighted by Crippen LogP contribution is 2.61. The minimum absolute atomic E-state index is 0.0305. The summed E-state index contributed by atoms with van der Waals surface area (Å²) in [6.45, 7) is 7.69. The third-order valence-corrected chi connectivity index (χ3v) is 9.57. The number of carbonyl (C=O) groups is 3. The van der Waals surface area contributed by atoms with E-state index >= 15 is 0 Å². The number of likely N-dealkylation sites (tertiary alicyclic amines) is 1. The zero-order valence-electron chi connectivity index (χ0n) is 21.2. The van der Waals surface area contributed by atoms with Crippen LogP contribution in [-0.2, 0) is 20.9 Å². The van der Waals surface area contributed by atoms with Crippen LogP contribution in [0.3, 0.4) is 0 Å². The molecule has 1 unspecified atom stereocenters. The monoisotopic (exact) mass is 509 g/mol. The third kappa shape index (κ3) is 3.98. The van der Waals surface area contributed by atoms with Crippen molar-refractivity contribution in [1.82, 2.24) is 14.7 Å². The van der Waals surface area contributed by atoms with Crippen molar-refractivity contribution in [2.24, 2.45) is 11.8 Å². The number of amides is 3. The van der Waals surface area contributed by atoms with Gasteiger partial charge in [0.05, 0.1) is 16.6 Å². The van der Waals surface area contributed by atoms with Gasteiger partial charge in [0, 0.05) is 43.6 Å². The SMILES string of the molecule is CC(C)(C)N1CC=C[C@]23S[C@H]4C=CCN(Cc5ccccc5)C(=O)[C@H]4[C@H]2C(=O)N(CCCO)C3C1=O. The maximum absolute atomic E-state index is 14.1. The van der Waals surface area contributed by atoms with E-state index in [2.05, 4.69) is 6.08 Å². The molecule has 0 aromatic heterocycles. The first kappa shape index (κ1) is 25.1. The molecule has 1 N–H and O–H groups in total. The number of rotatable bonds is 5. The molecule has 2 saturated heterocycles. The van der Waals surface area contributed by atoms with Crippen LogP contribution in [0.25, 0.3) is 0 Å². The first-order valence-electron chi connectivity index (χ1n) is 12.8. The summed E-state index contributed by atoms with van der Waals surface area (Å²) in [4.78, 5) is 47.5. The van der Waals surface area contributed by atoms with Crippen molar-refractivity contribution in [3.05, 3.63) is 60.2 Å². The van der Waals surface area contributed by atoms with Crippen LogP contribution >= 0.6 is 11.8 Å². The van der Waals surface area contributed by atoms with Crippen LogP contribution in [0.5, 0.6) is 0 Å². The zero-order chi connectivity index (χ0) is 25.7. The van der Waals surface area contributed by atoms with Crippen LogP contribution in [0.15, 0.2) is 54.6 Å². The summed E-state index contributed by atoms with van der Waals surface area (Å²) in [5.41, 5.74) is 0.635. The lowest BCUT2D eigenvalue weighted by atomic mass is 9.78. The molecule has 8 heteroatoms. The van der Waals surface area contributed by atoms with E-state index in [1.165, 1.54) is 0 Å². The highest BCUT2D eigenvalue weighted by molar-refractivity contribution is 8.02. The van der Waals surface area contributed by atoms with Crippen molar-refractivity contribution < 1.29 is 19.5 Å². The number of aliphatic hydroxyl groups excluding tert-OH is 1. The Hall–Kier alpha value is -2.58. The molecule has 0 saturated carbocycles. The summed E-state index contributed by atoms with van der Waals surface area (Å²) in [7, 11) is 0. The van der Waals surface area contributed by atoms with Crippen molar-refractivity contribution in [2.45, 2.75) is 55.3 Å². The largest absolute Gasteiger partial charge is 0.396 e. The van der Waals surface area contributed by atoms with E-state index in [4.69, 9.17) is 0 Å². The maximum Gasteiger partial charge on any atom is 0.247 e. The number of carbonyl (C=O) groups excluding carboxylic acids is 3. The second-order valence-electron chi connectivity index (χ2n) is 11.1. The molecular formula is C28H35N3O4S. The Kier molecular flexibility index (Phi) is 6.53. The molecule has 0 bridgehead atoms. The molecular weight excluding hydrogens is 474 g/mol. The zero-order valence-corrected chi connectivity index (χ0v) is 22.0. The molecule has 36 heavy (non-hydrogen) atoms. The molecule has 5 rings (SSSR count). The molecule has 192 valence electrons. The Morgan fingerprint density at radius 3 is 2.47 bits per heavy atom. The molecule has 7 nitrogen and oxygen atoms in total. The fourth-order valence-corrected chi connectivity index (χ4v) is 8.23. The van der Waals surface area contributed by atoms with Gasteiger partial charge in [-0.1, -0.05) is 54.6 Å². The standard InChI is InChI=1S/C28H35N3O4S/c1-27(2,3)31-16-8-13-28-22(25(34)30(15-9-17-32)23(28)26(31)35)21-20(36-28)12-7-14-29(24(21)33)18-19-10-5-4-6-11-19/h4-8,10-13,20-23,32H,9,14-18H2,1-3H3/t20-,21+,22-,23?,28-/m0/s1. The van der Waals surface area contributed by atoms with Gasteiger partial charge < -0.3 is 19.8 Å². The second kappa shape index (κ2) is 9.38. The smallest absolute Gasteiger partial charge is 0.247 e.